The van der Waals surface area contributed by atoms with E-state index in [0.717, 1.165) is 12.8 Å². The summed E-state index contributed by atoms with van der Waals surface area (Å²) in [6, 6.07) is 7.18. The minimum atomic E-state index is -0.311. The number of nitrogens with one attached hydrogen (secondary N) is 1. The lowest BCUT2D eigenvalue weighted by Gasteiger charge is -2.29. The number of ether oxygens (including phenoxy) is 2. The van der Waals surface area contributed by atoms with Crippen LogP contribution in [0.1, 0.15) is 19.8 Å². The van der Waals surface area contributed by atoms with Gasteiger partial charge in [-0.3, -0.25) is 4.79 Å². The van der Waals surface area contributed by atoms with Crippen molar-refractivity contribution >= 4 is 18.3 Å². The normalized spacial score (nSPS) is 16.3. The van der Waals surface area contributed by atoms with E-state index in [2.05, 4.69) is 5.32 Å². The zero-order chi connectivity index (χ0) is 14.6. The molecule has 3 N–H and O–H groups in total. The van der Waals surface area contributed by atoms with Crippen molar-refractivity contribution in [2.45, 2.75) is 25.3 Å². The standard InChI is InChI=1S/C15H22N2O3.ClH/c1-15(10-16,11-6-7-11)17-14(18)9-20-13-5-3-4-12(8-13)19-2;/h3-5,8,11H,6-7,9-10,16H2,1-2H3,(H,17,18);1H. The van der Waals surface area contributed by atoms with Gasteiger partial charge in [0.15, 0.2) is 6.61 Å². The van der Waals surface area contributed by atoms with Crippen molar-refractivity contribution in [1.82, 2.24) is 5.32 Å². The van der Waals surface area contributed by atoms with Crippen LogP contribution in [-0.4, -0.2) is 31.7 Å². The van der Waals surface area contributed by atoms with Crippen molar-refractivity contribution in [3.63, 3.8) is 0 Å². The monoisotopic (exact) mass is 314 g/mol. The molecule has 0 saturated heterocycles. The Morgan fingerprint density at radius 1 is 1.43 bits per heavy atom. The molecule has 1 aliphatic rings. The molecule has 0 aliphatic heterocycles. The van der Waals surface area contributed by atoms with Gasteiger partial charge in [0.05, 0.1) is 12.6 Å². The van der Waals surface area contributed by atoms with Gasteiger partial charge in [-0.05, 0) is 37.8 Å². The summed E-state index contributed by atoms with van der Waals surface area (Å²) >= 11 is 0. The van der Waals surface area contributed by atoms with Crippen LogP contribution in [0.2, 0.25) is 0 Å². The molecule has 21 heavy (non-hydrogen) atoms. The SMILES string of the molecule is COc1cccc(OCC(=O)NC(C)(CN)C2CC2)c1.Cl. The fraction of sp³-hybridized carbons (Fsp3) is 0.533. The largest absolute Gasteiger partial charge is 0.497 e. The lowest BCUT2D eigenvalue weighted by molar-refractivity contribution is -0.125. The molecule has 1 saturated carbocycles. The van der Waals surface area contributed by atoms with Gasteiger partial charge >= 0.3 is 0 Å². The minimum absolute atomic E-state index is 0. The van der Waals surface area contributed by atoms with E-state index in [4.69, 9.17) is 15.2 Å². The summed E-state index contributed by atoms with van der Waals surface area (Å²) in [6.07, 6.45) is 2.26. The van der Waals surface area contributed by atoms with Crippen LogP contribution in [0.25, 0.3) is 0 Å². The number of rotatable bonds is 7. The average molecular weight is 315 g/mol. The average Bonchev–Trinajstić information content (AvgIpc) is 3.30. The van der Waals surface area contributed by atoms with E-state index in [-0.39, 0.29) is 30.5 Å². The number of hydrogen-bond donors (Lipinski definition) is 2. The summed E-state index contributed by atoms with van der Waals surface area (Å²) in [5, 5.41) is 2.98. The number of methoxy groups -OCH3 is 1. The maximum absolute atomic E-state index is 12.0. The highest BCUT2D eigenvalue weighted by molar-refractivity contribution is 5.85. The van der Waals surface area contributed by atoms with Gasteiger partial charge in [0, 0.05) is 12.6 Å². The maximum Gasteiger partial charge on any atom is 0.258 e. The second-order valence-corrected chi connectivity index (χ2v) is 5.41. The first kappa shape index (κ1) is 17.6. The summed E-state index contributed by atoms with van der Waals surface area (Å²) in [5.41, 5.74) is 5.46. The third-order valence-corrected chi connectivity index (χ3v) is 3.74. The molecular weight excluding hydrogens is 292 g/mol. The zero-order valence-corrected chi connectivity index (χ0v) is 13.2. The topological polar surface area (TPSA) is 73.6 Å². The van der Waals surface area contributed by atoms with Crippen LogP contribution >= 0.6 is 12.4 Å². The Hall–Kier alpha value is -1.46. The van der Waals surface area contributed by atoms with Crippen LogP contribution in [0.3, 0.4) is 0 Å². The number of carbonyl (C=O) groups is 1. The number of carbonyl (C=O) groups excluding carboxylic acids is 1. The van der Waals surface area contributed by atoms with E-state index >= 15 is 0 Å². The number of halogens is 1. The molecule has 1 unspecified atom stereocenters. The number of hydrogen-bond acceptors (Lipinski definition) is 4. The van der Waals surface area contributed by atoms with Crippen LogP contribution < -0.4 is 20.5 Å². The highest BCUT2D eigenvalue weighted by atomic mass is 35.5. The van der Waals surface area contributed by atoms with E-state index in [1.807, 2.05) is 19.1 Å². The predicted octanol–water partition coefficient (Wildman–Crippen LogP) is 1.74. The van der Waals surface area contributed by atoms with Gasteiger partial charge in [-0.2, -0.15) is 0 Å². The Labute approximate surface area is 131 Å². The first-order chi connectivity index (χ1) is 9.57. The highest BCUT2D eigenvalue weighted by Gasteiger charge is 2.41. The molecule has 1 aromatic rings. The first-order valence-electron chi connectivity index (χ1n) is 6.85. The quantitative estimate of drug-likeness (QED) is 0.804. The van der Waals surface area contributed by atoms with Gasteiger partial charge in [-0.1, -0.05) is 6.07 Å². The zero-order valence-electron chi connectivity index (χ0n) is 12.4. The van der Waals surface area contributed by atoms with Gasteiger partial charge in [-0.25, -0.2) is 0 Å². The van der Waals surface area contributed by atoms with E-state index in [0.29, 0.717) is 24.0 Å². The molecule has 0 aromatic heterocycles. The molecule has 2 rings (SSSR count). The van der Waals surface area contributed by atoms with Crippen molar-refractivity contribution in [1.29, 1.82) is 0 Å². The second-order valence-electron chi connectivity index (χ2n) is 5.41. The molecular formula is C15H23ClN2O3. The fourth-order valence-electron chi connectivity index (χ4n) is 2.23. The molecule has 1 atom stereocenters. The van der Waals surface area contributed by atoms with Crippen LogP contribution in [0.15, 0.2) is 24.3 Å². The molecule has 0 radical (unpaired) electrons. The lowest BCUT2D eigenvalue weighted by Crippen LogP contribution is -2.54. The Morgan fingerprint density at radius 2 is 2.10 bits per heavy atom. The van der Waals surface area contributed by atoms with E-state index in [1.54, 1.807) is 19.2 Å². The molecule has 118 valence electrons. The molecule has 5 nitrogen and oxygen atoms in total. The van der Waals surface area contributed by atoms with Gasteiger partial charge in [0.2, 0.25) is 0 Å². The van der Waals surface area contributed by atoms with Crippen molar-refractivity contribution in [2.24, 2.45) is 11.7 Å². The van der Waals surface area contributed by atoms with Crippen molar-refractivity contribution in [3.05, 3.63) is 24.3 Å². The number of amides is 1. The summed E-state index contributed by atoms with van der Waals surface area (Å²) in [7, 11) is 1.59. The highest BCUT2D eigenvalue weighted by Crippen LogP contribution is 2.38. The molecule has 0 heterocycles. The van der Waals surface area contributed by atoms with Gasteiger partial charge < -0.3 is 20.5 Å². The van der Waals surface area contributed by atoms with Crippen molar-refractivity contribution < 1.29 is 14.3 Å². The molecule has 1 aromatic carbocycles. The van der Waals surface area contributed by atoms with Crippen LogP contribution in [0.4, 0.5) is 0 Å². The Bertz CT molecular complexity index is 480. The molecule has 1 amide bonds. The molecule has 6 heteroatoms. The summed E-state index contributed by atoms with van der Waals surface area (Å²) in [5.74, 6) is 1.66. The smallest absolute Gasteiger partial charge is 0.258 e. The molecule has 0 bridgehead atoms. The third kappa shape index (κ3) is 4.79. The van der Waals surface area contributed by atoms with Crippen LogP contribution in [0.5, 0.6) is 11.5 Å². The van der Waals surface area contributed by atoms with E-state index in [1.165, 1.54) is 0 Å². The third-order valence-electron chi connectivity index (χ3n) is 3.74. The second kappa shape index (κ2) is 7.52. The Kier molecular flexibility index (Phi) is 6.30. The summed E-state index contributed by atoms with van der Waals surface area (Å²) in [6.45, 7) is 2.42. The maximum atomic E-state index is 12.0. The van der Waals surface area contributed by atoms with Crippen LogP contribution in [0, 0.1) is 5.92 Å². The van der Waals surface area contributed by atoms with Gasteiger partial charge in [0.1, 0.15) is 11.5 Å². The summed E-state index contributed by atoms with van der Waals surface area (Å²) < 4.78 is 10.6. The van der Waals surface area contributed by atoms with Gasteiger partial charge in [-0.15, -0.1) is 12.4 Å². The van der Waals surface area contributed by atoms with Crippen LogP contribution in [-0.2, 0) is 4.79 Å². The fourth-order valence-corrected chi connectivity index (χ4v) is 2.23. The Balaban J connectivity index is 0.00000220. The Morgan fingerprint density at radius 3 is 2.67 bits per heavy atom. The predicted molar refractivity (Wildman–Crippen MR) is 84.1 cm³/mol. The number of nitrogens with two attached hydrogens (primary N) is 1. The molecule has 0 spiro atoms. The van der Waals surface area contributed by atoms with Gasteiger partial charge in [0.25, 0.3) is 5.91 Å². The first-order valence-corrected chi connectivity index (χ1v) is 6.85. The van der Waals surface area contributed by atoms with Crippen molar-refractivity contribution in [3.8, 4) is 11.5 Å². The number of benzene rings is 1. The molecule has 1 aliphatic carbocycles. The minimum Gasteiger partial charge on any atom is -0.497 e. The van der Waals surface area contributed by atoms with E-state index < -0.39 is 0 Å². The van der Waals surface area contributed by atoms with Crippen molar-refractivity contribution in [2.75, 3.05) is 20.3 Å². The lowest BCUT2D eigenvalue weighted by atomic mass is 9.96. The molecule has 1 fully saturated rings. The van der Waals surface area contributed by atoms with E-state index in [9.17, 15) is 4.79 Å². The summed E-state index contributed by atoms with van der Waals surface area (Å²) in [4.78, 5) is 12.0.